The van der Waals surface area contributed by atoms with Gasteiger partial charge in [-0.15, -0.1) is 10.2 Å². The van der Waals surface area contributed by atoms with Crippen LogP contribution in [0.15, 0.2) is 53.2 Å². The fourth-order valence-electron chi connectivity index (χ4n) is 2.95. The Kier molecular flexibility index (Phi) is 2.33. The maximum atomic E-state index is 5.63. The third-order valence-corrected chi connectivity index (χ3v) is 3.93. The number of para-hydroxylation sites is 2. The van der Waals surface area contributed by atoms with E-state index in [2.05, 4.69) is 25.6 Å². The van der Waals surface area contributed by atoms with E-state index in [-0.39, 0.29) is 0 Å². The number of pyridine rings is 2. The molecule has 5 aromatic rings. The predicted octanol–water partition coefficient (Wildman–Crippen LogP) is 3.39. The molecule has 6 nitrogen and oxygen atoms in total. The van der Waals surface area contributed by atoms with E-state index < -0.39 is 0 Å². The zero-order chi connectivity index (χ0) is 15.4. The molecule has 0 aliphatic rings. The molecule has 0 unspecified atom stereocenters. The summed E-state index contributed by atoms with van der Waals surface area (Å²) in [6.45, 7) is 1.78. The number of benzene rings is 1. The molecule has 4 aromatic heterocycles. The quantitative estimate of drug-likeness (QED) is 0.474. The molecule has 0 aliphatic carbocycles. The van der Waals surface area contributed by atoms with Crippen LogP contribution < -0.4 is 0 Å². The monoisotopic (exact) mass is 301 g/mol. The summed E-state index contributed by atoms with van der Waals surface area (Å²) in [7, 11) is 0. The molecular formula is C17H11N5O. The second-order valence-corrected chi connectivity index (χ2v) is 5.38. The number of nitrogens with zero attached hydrogens (tertiary/aromatic N) is 5. The van der Waals surface area contributed by atoms with Crippen LogP contribution in [0.4, 0.5) is 0 Å². The molecule has 0 spiro atoms. The Morgan fingerprint density at radius 1 is 1.04 bits per heavy atom. The third kappa shape index (κ3) is 1.69. The van der Waals surface area contributed by atoms with Gasteiger partial charge >= 0.3 is 0 Å². The first kappa shape index (κ1) is 12.3. The van der Waals surface area contributed by atoms with E-state index in [0.29, 0.717) is 11.8 Å². The molecule has 6 heteroatoms. The molecule has 0 fully saturated rings. The minimum absolute atomic E-state index is 0.466. The number of rotatable bonds is 1. The molecule has 0 radical (unpaired) electrons. The van der Waals surface area contributed by atoms with Crippen molar-refractivity contribution in [1.82, 2.24) is 24.6 Å². The van der Waals surface area contributed by atoms with E-state index in [4.69, 9.17) is 9.40 Å². The zero-order valence-corrected chi connectivity index (χ0v) is 12.3. The molecule has 0 aliphatic heterocycles. The topological polar surface area (TPSA) is 69.1 Å². The molecule has 0 N–H and O–H groups in total. The van der Waals surface area contributed by atoms with Crippen LogP contribution >= 0.6 is 0 Å². The van der Waals surface area contributed by atoms with Gasteiger partial charge in [0.05, 0.1) is 22.1 Å². The maximum absolute atomic E-state index is 5.63. The lowest BCUT2D eigenvalue weighted by atomic mass is 10.2. The van der Waals surface area contributed by atoms with Crippen LogP contribution in [0, 0.1) is 6.92 Å². The average Bonchev–Trinajstić information content (AvgIpc) is 3.18. The van der Waals surface area contributed by atoms with Gasteiger partial charge in [-0.2, -0.15) is 0 Å². The fraction of sp³-hybridized carbons (Fsp3) is 0.0588. The number of aromatic nitrogens is 5. The zero-order valence-electron chi connectivity index (χ0n) is 12.3. The number of aryl methyl sites for hydroxylation is 1. The normalized spacial score (nSPS) is 11.7. The number of fused-ring (bicyclic) bond motifs is 5. The lowest BCUT2D eigenvalue weighted by Gasteiger charge is -2.06. The van der Waals surface area contributed by atoms with Crippen molar-refractivity contribution >= 4 is 27.6 Å². The summed E-state index contributed by atoms with van der Waals surface area (Å²) in [4.78, 5) is 8.99. The van der Waals surface area contributed by atoms with Gasteiger partial charge in [0.2, 0.25) is 5.89 Å². The molecule has 0 atom stereocenters. The van der Waals surface area contributed by atoms with Gasteiger partial charge in [0.1, 0.15) is 0 Å². The van der Waals surface area contributed by atoms with Crippen molar-refractivity contribution in [3.63, 3.8) is 0 Å². The van der Waals surface area contributed by atoms with Gasteiger partial charge in [-0.05, 0) is 24.3 Å². The molecule has 110 valence electrons. The highest BCUT2D eigenvalue weighted by Gasteiger charge is 2.17. The van der Waals surface area contributed by atoms with E-state index in [1.807, 2.05) is 36.5 Å². The smallest absolute Gasteiger partial charge is 0.251 e. The van der Waals surface area contributed by atoms with Crippen LogP contribution in [0.1, 0.15) is 5.89 Å². The molecule has 4 heterocycles. The van der Waals surface area contributed by atoms with Crippen molar-refractivity contribution in [3.8, 4) is 11.5 Å². The lowest BCUT2D eigenvalue weighted by Crippen LogP contribution is -1.93. The summed E-state index contributed by atoms with van der Waals surface area (Å²) in [5.74, 6) is 0.995. The van der Waals surface area contributed by atoms with Gasteiger partial charge in [-0.1, -0.05) is 12.1 Å². The van der Waals surface area contributed by atoms with E-state index in [1.54, 1.807) is 13.1 Å². The largest absolute Gasteiger partial charge is 0.421 e. The van der Waals surface area contributed by atoms with E-state index in [0.717, 1.165) is 33.1 Å². The maximum Gasteiger partial charge on any atom is 0.251 e. The minimum Gasteiger partial charge on any atom is -0.421 e. The van der Waals surface area contributed by atoms with Crippen molar-refractivity contribution in [2.45, 2.75) is 6.92 Å². The summed E-state index contributed by atoms with van der Waals surface area (Å²) in [5, 5.41) is 9.08. The summed E-state index contributed by atoms with van der Waals surface area (Å²) in [6.07, 6.45) is 3.61. The van der Waals surface area contributed by atoms with Gasteiger partial charge in [-0.3, -0.25) is 9.38 Å². The number of imidazole rings is 1. The molecule has 5 rings (SSSR count). The van der Waals surface area contributed by atoms with Crippen LogP contribution in [-0.2, 0) is 0 Å². The number of hydrogen-bond acceptors (Lipinski definition) is 5. The molecule has 0 saturated carbocycles. The van der Waals surface area contributed by atoms with Gasteiger partial charge in [0.25, 0.3) is 5.89 Å². The first-order valence-corrected chi connectivity index (χ1v) is 7.26. The third-order valence-electron chi connectivity index (χ3n) is 3.93. The highest BCUT2D eigenvalue weighted by Crippen LogP contribution is 2.31. The van der Waals surface area contributed by atoms with Gasteiger partial charge in [0, 0.05) is 24.7 Å². The van der Waals surface area contributed by atoms with Crippen molar-refractivity contribution < 1.29 is 4.42 Å². The molecule has 0 bridgehead atoms. The van der Waals surface area contributed by atoms with Crippen LogP contribution in [0.3, 0.4) is 0 Å². The first-order valence-electron chi connectivity index (χ1n) is 7.26. The first-order chi connectivity index (χ1) is 11.3. The van der Waals surface area contributed by atoms with Crippen molar-refractivity contribution in [3.05, 3.63) is 54.7 Å². The molecule has 23 heavy (non-hydrogen) atoms. The fourth-order valence-corrected chi connectivity index (χ4v) is 2.95. The molecule has 1 aromatic carbocycles. The van der Waals surface area contributed by atoms with Crippen molar-refractivity contribution in [1.29, 1.82) is 0 Å². The van der Waals surface area contributed by atoms with Gasteiger partial charge < -0.3 is 4.42 Å². The Bertz CT molecular complexity index is 1190. The Labute approximate surface area is 130 Å². The molecule has 0 saturated heterocycles. The summed E-state index contributed by atoms with van der Waals surface area (Å²) >= 11 is 0. The summed E-state index contributed by atoms with van der Waals surface area (Å²) < 4.78 is 7.74. The highest BCUT2D eigenvalue weighted by atomic mass is 16.4. The minimum atomic E-state index is 0.466. The standard InChI is InChI=1S/C17H11N5O/c1-10-20-21-17(23-10)12-8-11-9-18-7-6-14(11)22-15-5-3-2-4-13(15)19-16(12)22/h2-9H,1H3. The van der Waals surface area contributed by atoms with Crippen LogP contribution in [0.5, 0.6) is 0 Å². The molecular weight excluding hydrogens is 290 g/mol. The summed E-state index contributed by atoms with van der Waals surface area (Å²) in [6, 6.07) is 12.0. The van der Waals surface area contributed by atoms with Crippen LogP contribution in [0.2, 0.25) is 0 Å². The number of hydrogen-bond donors (Lipinski definition) is 0. The Morgan fingerprint density at radius 2 is 1.96 bits per heavy atom. The second kappa shape index (κ2) is 4.36. The SMILES string of the molecule is Cc1nnc(-c2cc3cnccc3n3c2nc2ccccc23)o1. The van der Waals surface area contributed by atoms with E-state index in [1.165, 1.54) is 0 Å². The van der Waals surface area contributed by atoms with E-state index >= 15 is 0 Å². The molecule has 0 amide bonds. The summed E-state index contributed by atoms with van der Waals surface area (Å²) in [5.41, 5.74) is 4.62. The van der Waals surface area contributed by atoms with Gasteiger partial charge in [-0.25, -0.2) is 4.98 Å². The second-order valence-electron chi connectivity index (χ2n) is 5.38. The van der Waals surface area contributed by atoms with E-state index in [9.17, 15) is 0 Å². The average molecular weight is 301 g/mol. The van der Waals surface area contributed by atoms with Gasteiger partial charge in [0.15, 0.2) is 5.65 Å². The highest BCUT2D eigenvalue weighted by molar-refractivity contribution is 5.96. The van der Waals surface area contributed by atoms with Crippen molar-refractivity contribution in [2.24, 2.45) is 0 Å². The Morgan fingerprint density at radius 3 is 2.83 bits per heavy atom. The lowest BCUT2D eigenvalue weighted by molar-refractivity contribution is 0.533. The predicted molar refractivity (Wildman–Crippen MR) is 86.0 cm³/mol. The Hall–Kier alpha value is -3.28. The van der Waals surface area contributed by atoms with Crippen molar-refractivity contribution in [2.75, 3.05) is 0 Å². The Balaban J connectivity index is 2.05. The van der Waals surface area contributed by atoms with Crippen LogP contribution in [-0.4, -0.2) is 24.6 Å². The van der Waals surface area contributed by atoms with Crippen LogP contribution in [0.25, 0.3) is 39.0 Å².